The minimum atomic E-state index is -1.45. The lowest BCUT2D eigenvalue weighted by Gasteiger charge is -2.23. The Labute approximate surface area is 69.0 Å². The molecule has 1 rings (SSSR count). The molecule has 0 saturated carbocycles. The van der Waals surface area contributed by atoms with E-state index in [-0.39, 0.29) is 31.7 Å². The van der Waals surface area contributed by atoms with Crippen LogP contribution in [0.2, 0.25) is 0 Å². The summed E-state index contributed by atoms with van der Waals surface area (Å²) in [6.45, 7) is 0.480. The summed E-state index contributed by atoms with van der Waals surface area (Å²) >= 11 is 0. The minimum absolute atomic E-state index is 0.0874. The number of likely N-dealkylation sites (tertiary alicyclic amines) is 1. The van der Waals surface area contributed by atoms with Crippen LogP contribution < -0.4 is 0 Å². The second-order valence-corrected chi connectivity index (χ2v) is 2.64. The molecule has 5 heteroatoms. The van der Waals surface area contributed by atoms with Gasteiger partial charge in [-0.3, -0.25) is 9.59 Å². The summed E-state index contributed by atoms with van der Waals surface area (Å²) in [6.07, 6.45) is 0.554. The Hall–Kier alpha value is -1.39. The maximum absolute atomic E-state index is 10.8. The lowest BCUT2D eigenvalue weighted by atomic mass is 10.1. The predicted molar refractivity (Wildman–Crippen MR) is 38.5 cm³/mol. The van der Waals surface area contributed by atoms with Crippen molar-refractivity contribution in [2.45, 2.75) is 12.8 Å². The number of aliphatic carboxylic acids is 1. The number of piperidine rings is 1. The fraction of sp³-hybridized carbons (Fsp3) is 0.571. The van der Waals surface area contributed by atoms with Gasteiger partial charge in [-0.2, -0.15) is 0 Å². The standard InChI is InChI=1S/C7H9NO4/c9-5-1-3-8(4-2-5)6(10)7(11)12/h1-4H2,(H,11,12). The van der Waals surface area contributed by atoms with Gasteiger partial charge in [0.1, 0.15) is 5.78 Å². The predicted octanol–water partition coefficient (Wildman–Crippen LogP) is -0.738. The molecular formula is C7H9NO4. The van der Waals surface area contributed by atoms with E-state index in [1.807, 2.05) is 0 Å². The van der Waals surface area contributed by atoms with Crippen molar-refractivity contribution in [1.29, 1.82) is 0 Å². The molecular weight excluding hydrogens is 162 g/mol. The molecule has 1 N–H and O–H groups in total. The van der Waals surface area contributed by atoms with Crippen LogP contribution in [-0.2, 0) is 14.4 Å². The summed E-state index contributed by atoms with van der Waals surface area (Å²) in [5, 5.41) is 8.32. The zero-order chi connectivity index (χ0) is 9.14. The van der Waals surface area contributed by atoms with E-state index in [1.54, 1.807) is 0 Å². The van der Waals surface area contributed by atoms with Crippen molar-refractivity contribution in [3.05, 3.63) is 0 Å². The van der Waals surface area contributed by atoms with Crippen LogP contribution in [0.5, 0.6) is 0 Å². The van der Waals surface area contributed by atoms with Crippen LogP contribution in [-0.4, -0.2) is 40.8 Å². The summed E-state index contributed by atoms with van der Waals surface area (Å²) in [5.74, 6) is -2.28. The Balaban J connectivity index is 2.50. The van der Waals surface area contributed by atoms with E-state index in [0.29, 0.717) is 0 Å². The third-order valence-corrected chi connectivity index (χ3v) is 1.79. The van der Waals surface area contributed by atoms with E-state index in [1.165, 1.54) is 4.90 Å². The first-order valence-corrected chi connectivity index (χ1v) is 3.65. The van der Waals surface area contributed by atoms with Crippen LogP contribution in [0, 0.1) is 0 Å². The summed E-state index contributed by atoms with van der Waals surface area (Å²) in [6, 6.07) is 0. The summed E-state index contributed by atoms with van der Waals surface area (Å²) in [7, 11) is 0. The van der Waals surface area contributed by atoms with Gasteiger partial charge in [-0.1, -0.05) is 0 Å². The number of rotatable bonds is 0. The first-order chi connectivity index (χ1) is 5.61. The van der Waals surface area contributed by atoms with Gasteiger partial charge < -0.3 is 10.0 Å². The molecule has 0 radical (unpaired) electrons. The van der Waals surface area contributed by atoms with E-state index in [4.69, 9.17) is 5.11 Å². The Morgan fingerprint density at radius 1 is 1.25 bits per heavy atom. The largest absolute Gasteiger partial charge is 0.474 e. The maximum Gasteiger partial charge on any atom is 0.394 e. The van der Waals surface area contributed by atoms with Crippen molar-refractivity contribution in [3.8, 4) is 0 Å². The number of carbonyl (C=O) groups is 3. The summed E-state index contributed by atoms with van der Waals surface area (Å²) in [5.41, 5.74) is 0. The highest BCUT2D eigenvalue weighted by Gasteiger charge is 2.24. The van der Waals surface area contributed by atoms with Crippen molar-refractivity contribution >= 4 is 17.7 Å². The number of carbonyl (C=O) groups excluding carboxylic acids is 2. The topological polar surface area (TPSA) is 74.7 Å². The minimum Gasteiger partial charge on any atom is -0.474 e. The molecule has 0 aromatic carbocycles. The molecule has 5 nitrogen and oxygen atoms in total. The molecule has 12 heavy (non-hydrogen) atoms. The van der Waals surface area contributed by atoms with Crippen LogP contribution in [0.4, 0.5) is 0 Å². The number of carboxylic acids is 1. The molecule has 1 amide bonds. The Kier molecular flexibility index (Phi) is 2.42. The van der Waals surface area contributed by atoms with Crippen LogP contribution in [0.15, 0.2) is 0 Å². The molecule has 0 aromatic heterocycles. The number of ketones is 1. The van der Waals surface area contributed by atoms with Crippen LogP contribution in [0.3, 0.4) is 0 Å². The molecule has 66 valence electrons. The summed E-state index contributed by atoms with van der Waals surface area (Å²) in [4.78, 5) is 32.9. The average Bonchev–Trinajstić information content (AvgIpc) is 2.04. The van der Waals surface area contributed by atoms with Crippen LogP contribution in [0.1, 0.15) is 12.8 Å². The van der Waals surface area contributed by atoms with Gasteiger partial charge >= 0.3 is 11.9 Å². The van der Waals surface area contributed by atoms with Gasteiger partial charge in [-0.15, -0.1) is 0 Å². The zero-order valence-corrected chi connectivity index (χ0v) is 6.45. The monoisotopic (exact) mass is 171 g/mol. The molecule has 0 aliphatic carbocycles. The highest BCUT2D eigenvalue weighted by atomic mass is 16.4. The third-order valence-electron chi connectivity index (χ3n) is 1.79. The first-order valence-electron chi connectivity index (χ1n) is 3.65. The molecule has 1 heterocycles. The molecule has 0 spiro atoms. The number of hydrogen-bond donors (Lipinski definition) is 1. The number of amides is 1. The van der Waals surface area contributed by atoms with Crippen molar-refractivity contribution in [1.82, 2.24) is 4.90 Å². The second kappa shape index (κ2) is 3.34. The van der Waals surface area contributed by atoms with E-state index >= 15 is 0 Å². The first kappa shape index (κ1) is 8.70. The Morgan fingerprint density at radius 2 is 1.75 bits per heavy atom. The Morgan fingerprint density at radius 3 is 2.17 bits per heavy atom. The SMILES string of the molecule is O=C1CCN(C(=O)C(=O)O)CC1. The fourth-order valence-electron chi connectivity index (χ4n) is 1.09. The molecule has 1 fully saturated rings. The van der Waals surface area contributed by atoms with Crippen molar-refractivity contribution in [2.75, 3.05) is 13.1 Å². The lowest BCUT2D eigenvalue weighted by molar-refractivity contribution is -0.156. The number of hydrogen-bond acceptors (Lipinski definition) is 3. The number of nitrogens with zero attached hydrogens (tertiary/aromatic N) is 1. The molecule has 1 aliphatic heterocycles. The quantitative estimate of drug-likeness (QED) is 0.487. The molecule has 0 aromatic rings. The van der Waals surface area contributed by atoms with Gasteiger partial charge in [0.05, 0.1) is 0 Å². The molecule has 0 bridgehead atoms. The smallest absolute Gasteiger partial charge is 0.394 e. The van der Waals surface area contributed by atoms with Crippen molar-refractivity contribution < 1.29 is 19.5 Å². The average molecular weight is 171 g/mol. The van der Waals surface area contributed by atoms with Crippen molar-refractivity contribution in [2.24, 2.45) is 0 Å². The maximum atomic E-state index is 10.8. The molecule has 0 unspecified atom stereocenters. The van der Waals surface area contributed by atoms with Gasteiger partial charge in [0, 0.05) is 25.9 Å². The number of Topliss-reactive ketones (excluding diaryl/α,β-unsaturated/α-hetero) is 1. The van der Waals surface area contributed by atoms with E-state index in [9.17, 15) is 14.4 Å². The second-order valence-electron chi connectivity index (χ2n) is 2.64. The van der Waals surface area contributed by atoms with E-state index < -0.39 is 11.9 Å². The van der Waals surface area contributed by atoms with Gasteiger partial charge in [0.15, 0.2) is 0 Å². The van der Waals surface area contributed by atoms with E-state index in [2.05, 4.69) is 0 Å². The van der Waals surface area contributed by atoms with Crippen molar-refractivity contribution in [3.63, 3.8) is 0 Å². The Bertz CT molecular complexity index is 226. The van der Waals surface area contributed by atoms with Crippen LogP contribution in [0.25, 0.3) is 0 Å². The lowest BCUT2D eigenvalue weighted by Crippen LogP contribution is -2.42. The molecule has 1 saturated heterocycles. The normalized spacial score (nSPS) is 17.7. The molecule has 0 atom stereocenters. The summed E-state index contributed by atoms with van der Waals surface area (Å²) < 4.78 is 0. The highest BCUT2D eigenvalue weighted by molar-refractivity contribution is 6.31. The fourth-order valence-corrected chi connectivity index (χ4v) is 1.09. The van der Waals surface area contributed by atoms with Gasteiger partial charge in [0.25, 0.3) is 0 Å². The van der Waals surface area contributed by atoms with Gasteiger partial charge in [0.2, 0.25) is 0 Å². The highest BCUT2D eigenvalue weighted by Crippen LogP contribution is 2.05. The zero-order valence-electron chi connectivity index (χ0n) is 6.45. The van der Waals surface area contributed by atoms with Crippen LogP contribution >= 0.6 is 0 Å². The van der Waals surface area contributed by atoms with Gasteiger partial charge in [-0.05, 0) is 0 Å². The third kappa shape index (κ3) is 1.81. The molecule has 1 aliphatic rings. The van der Waals surface area contributed by atoms with Gasteiger partial charge in [-0.25, -0.2) is 4.79 Å². The van der Waals surface area contributed by atoms with E-state index in [0.717, 1.165) is 0 Å². The number of carboxylic acid groups (broad SMARTS) is 1.